The van der Waals surface area contributed by atoms with Gasteiger partial charge in [-0.15, -0.1) is 0 Å². The van der Waals surface area contributed by atoms with Crippen molar-refractivity contribution in [1.82, 2.24) is 4.72 Å². The third-order valence-electron chi connectivity index (χ3n) is 3.33. The zero-order valence-corrected chi connectivity index (χ0v) is 14.8. The number of amides is 1. The van der Waals surface area contributed by atoms with Gasteiger partial charge < -0.3 is 10.1 Å². The van der Waals surface area contributed by atoms with Crippen molar-refractivity contribution < 1.29 is 17.9 Å². The van der Waals surface area contributed by atoms with Crippen LogP contribution in [0, 0.1) is 0 Å². The van der Waals surface area contributed by atoms with Gasteiger partial charge in [-0.25, -0.2) is 13.1 Å². The van der Waals surface area contributed by atoms with E-state index in [1.165, 1.54) is 37.4 Å². The number of sulfonamides is 1. The maximum absolute atomic E-state index is 12.0. The first-order valence-electron chi connectivity index (χ1n) is 7.71. The van der Waals surface area contributed by atoms with Gasteiger partial charge in [0, 0.05) is 17.3 Å². The molecular formula is C18H20N2O4S. The number of nitrogens with one attached hydrogen (secondary N) is 2. The van der Waals surface area contributed by atoms with E-state index in [0.29, 0.717) is 18.0 Å². The van der Waals surface area contributed by atoms with Crippen molar-refractivity contribution in [2.24, 2.45) is 0 Å². The summed E-state index contributed by atoms with van der Waals surface area (Å²) in [7, 11) is -2.15. The van der Waals surface area contributed by atoms with Crippen LogP contribution < -0.4 is 14.8 Å². The number of ether oxygens (including phenoxy) is 1. The fraction of sp³-hybridized carbons (Fsp3) is 0.167. The molecule has 7 heteroatoms. The maximum atomic E-state index is 12.0. The number of hydrogen-bond acceptors (Lipinski definition) is 4. The average molecular weight is 360 g/mol. The monoisotopic (exact) mass is 360 g/mol. The lowest BCUT2D eigenvalue weighted by Crippen LogP contribution is -2.18. The molecule has 6 nitrogen and oxygen atoms in total. The zero-order chi connectivity index (χ0) is 18.3. The van der Waals surface area contributed by atoms with E-state index in [1.807, 2.05) is 31.2 Å². The lowest BCUT2D eigenvalue weighted by molar-refractivity contribution is -0.111. The predicted molar refractivity (Wildman–Crippen MR) is 98.0 cm³/mol. The predicted octanol–water partition coefficient (Wildman–Crippen LogP) is 2.65. The van der Waals surface area contributed by atoms with Crippen molar-refractivity contribution in [2.45, 2.75) is 11.8 Å². The molecule has 0 heterocycles. The molecule has 0 atom stereocenters. The molecule has 2 aromatic rings. The highest BCUT2D eigenvalue weighted by molar-refractivity contribution is 7.89. The van der Waals surface area contributed by atoms with E-state index in [1.54, 1.807) is 6.08 Å². The van der Waals surface area contributed by atoms with Gasteiger partial charge in [0.05, 0.1) is 11.5 Å². The lowest BCUT2D eigenvalue weighted by atomic mass is 10.2. The van der Waals surface area contributed by atoms with Crippen LogP contribution in [-0.2, 0) is 14.8 Å². The van der Waals surface area contributed by atoms with Gasteiger partial charge in [0.2, 0.25) is 15.9 Å². The van der Waals surface area contributed by atoms with Gasteiger partial charge in [-0.05, 0) is 50.4 Å². The molecule has 0 unspecified atom stereocenters. The molecule has 0 fully saturated rings. The van der Waals surface area contributed by atoms with Crippen LogP contribution in [0.4, 0.5) is 5.69 Å². The van der Waals surface area contributed by atoms with Gasteiger partial charge >= 0.3 is 0 Å². The maximum Gasteiger partial charge on any atom is 0.248 e. The molecule has 132 valence electrons. The summed E-state index contributed by atoms with van der Waals surface area (Å²) in [4.78, 5) is 12.2. The standard InChI is InChI=1S/C18H20N2O4S/c1-3-24-17-7-5-4-6-14(17)8-13-18(21)20-15-9-11-16(12-10-15)25(22,23)19-2/h4-13,19H,3H2,1-2H3,(H,20,21)/b13-8+. The number of rotatable bonds is 7. The molecule has 0 radical (unpaired) electrons. The molecule has 0 aliphatic carbocycles. The fourth-order valence-corrected chi connectivity index (χ4v) is 2.82. The molecule has 0 aliphatic rings. The van der Waals surface area contributed by atoms with E-state index >= 15 is 0 Å². The third kappa shape index (κ3) is 5.17. The molecule has 0 saturated heterocycles. The molecule has 2 rings (SSSR count). The number of benzene rings is 2. The minimum atomic E-state index is -3.49. The molecule has 0 saturated carbocycles. The molecule has 0 bridgehead atoms. The van der Waals surface area contributed by atoms with Crippen LogP contribution in [0.5, 0.6) is 5.75 Å². The third-order valence-corrected chi connectivity index (χ3v) is 4.76. The van der Waals surface area contributed by atoms with Crippen molar-refractivity contribution in [3.63, 3.8) is 0 Å². The number of carbonyl (C=O) groups excluding carboxylic acids is 1. The largest absolute Gasteiger partial charge is 0.493 e. The normalized spacial score (nSPS) is 11.4. The van der Waals surface area contributed by atoms with Crippen molar-refractivity contribution >= 4 is 27.7 Å². The van der Waals surface area contributed by atoms with Crippen LogP contribution in [-0.4, -0.2) is 28.0 Å². The van der Waals surface area contributed by atoms with Crippen LogP contribution in [0.2, 0.25) is 0 Å². The Hall–Kier alpha value is -2.64. The number of anilines is 1. The number of para-hydroxylation sites is 1. The van der Waals surface area contributed by atoms with Crippen molar-refractivity contribution in [3.05, 3.63) is 60.2 Å². The highest BCUT2D eigenvalue weighted by Crippen LogP contribution is 2.19. The van der Waals surface area contributed by atoms with Crippen molar-refractivity contribution in [3.8, 4) is 5.75 Å². The quantitative estimate of drug-likeness (QED) is 0.744. The van der Waals surface area contributed by atoms with E-state index in [-0.39, 0.29) is 10.8 Å². The van der Waals surface area contributed by atoms with Crippen LogP contribution in [0.15, 0.2) is 59.5 Å². The summed E-state index contributed by atoms with van der Waals surface area (Å²) < 4.78 is 31.0. The van der Waals surface area contributed by atoms with Gasteiger partial charge in [0.25, 0.3) is 0 Å². The van der Waals surface area contributed by atoms with E-state index in [4.69, 9.17) is 4.74 Å². The number of carbonyl (C=O) groups is 1. The summed E-state index contributed by atoms with van der Waals surface area (Å²) in [5.41, 5.74) is 1.30. The van der Waals surface area contributed by atoms with Gasteiger partial charge in [-0.3, -0.25) is 4.79 Å². The summed E-state index contributed by atoms with van der Waals surface area (Å²) in [6.07, 6.45) is 3.07. The highest BCUT2D eigenvalue weighted by Gasteiger charge is 2.10. The van der Waals surface area contributed by atoms with Crippen LogP contribution in [0.3, 0.4) is 0 Å². The Morgan fingerprint density at radius 3 is 2.44 bits per heavy atom. The van der Waals surface area contributed by atoms with Gasteiger partial charge in [-0.1, -0.05) is 18.2 Å². The molecule has 2 N–H and O–H groups in total. The second-order valence-electron chi connectivity index (χ2n) is 5.03. The Bertz CT molecular complexity index is 859. The SMILES string of the molecule is CCOc1ccccc1/C=C/C(=O)Nc1ccc(S(=O)(=O)NC)cc1. The lowest BCUT2D eigenvalue weighted by Gasteiger charge is -2.07. The van der Waals surface area contributed by atoms with E-state index in [0.717, 1.165) is 5.56 Å². The number of hydrogen-bond donors (Lipinski definition) is 2. The zero-order valence-electron chi connectivity index (χ0n) is 14.0. The Balaban J connectivity index is 2.05. The van der Waals surface area contributed by atoms with Crippen LogP contribution in [0.25, 0.3) is 6.08 Å². The molecule has 1 amide bonds. The Labute approximate surface area is 147 Å². The first-order valence-corrected chi connectivity index (χ1v) is 9.19. The van der Waals surface area contributed by atoms with E-state index in [9.17, 15) is 13.2 Å². The van der Waals surface area contributed by atoms with Gasteiger partial charge in [0.1, 0.15) is 5.75 Å². The molecule has 0 spiro atoms. The molecule has 25 heavy (non-hydrogen) atoms. The average Bonchev–Trinajstić information content (AvgIpc) is 2.62. The molecule has 0 aromatic heterocycles. The summed E-state index contributed by atoms with van der Waals surface area (Å²) in [5, 5.41) is 2.68. The van der Waals surface area contributed by atoms with Crippen LogP contribution in [0.1, 0.15) is 12.5 Å². The topological polar surface area (TPSA) is 84.5 Å². The summed E-state index contributed by atoms with van der Waals surface area (Å²) in [6, 6.07) is 13.3. The second-order valence-corrected chi connectivity index (χ2v) is 6.91. The minimum Gasteiger partial charge on any atom is -0.493 e. The Kier molecular flexibility index (Phi) is 6.32. The van der Waals surface area contributed by atoms with Gasteiger partial charge in [0.15, 0.2) is 0 Å². The van der Waals surface area contributed by atoms with Crippen molar-refractivity contribution in [2.75, 3.05) is 19.0 Å². The summed E-state index contributed by atoms with van der Waals surface area (Å²) >= 11 is 0. The van der Waals surface area contributed by atoms with E-state index < -0.39 is 10.0 Å². The molecule has 0 aliphatic heterocycles. The Morgan fingerprint density at radius 2 is 1.80 bits per heavy atom. The van der Waals surface area contributed by atoms with Crippen molar-refractivity contribution in [1.29, 1.82) is 0 Å². The Morgan fingerprint density at radius 1 is 1.12 bits per heavy atom. The molecule has 2 aromatic carbocycles. The second kappa shape index (κ2) is 8.46. The minimum absolute atomic E-state index is 0.134. The first-order chi connectivity index (χ1) is 12.0. The fourth-order valence-electron chi connectivity index (χ4n) is 2.09. The summed E-state index contributed by atoms with van der Waals surface area (Å²) in [5.74, 6) is 0.381. The first kappa shape index (κ1) is 18.7. The summed E-state index contributed by atoms with van der Waals surface area (Å²) in [6.45, 7) is 2.43. The smallest absolute Gasteiger partial charge is 0.248 e. The highest BCUT2D eigenvalue weighted by atomic mass is 32.2. The van der Waals surface area contributed by atoms with E-state index in [2.05, 4.69) is 10.0 Å². The molecular weight excluding hydrogens is 340 g/mol. The van der Waals surface area contributed by atoms with Gasteiger partial charge in [-0.2, -0.15) is 0 Å². The van der Waals surface area contributed by atoms with Crippen LogP contribution >= 0.6 is 0 Å².